The normalized spacial score (nSPS) is 17.8. The van der Waals surface area contributed by atoms with Crippen LogP contribution in [0, 0.1) is 28.6 Å². The number of alkyl halides is 3. The third-order valence-corrected chi connectivity index (χ3v) is 4.14. The fourth-order valence-corrected chi connectivity index (χ4v) is 2.96. The predicted molar refractivity (Wildman–Crippen MR) is 85.8 cm³/mol. The summed E-state index contributed by atoms with van der Waals surface area (Å²) in [7, 11) is 0. The van der Waals surface area contributed by atoms with Gasteiger partial charge in [0, 0.05) is 24.2 Å². The van der Waals surface area contributed by atoms with Gasteiger partial charge in [-0.1, -0.05) is 0 Å². The molecular weight excluding hydrogens is 347 g/mol. The average Bonchev–Trinajstić information content (AvgIpc) is 2.98. The zero-order valence-corrected chi connectivity index (χ0v) is 13.5. The lowest BCUT2D eigenvalue weighted by atomic mass is 9.83. The van der Waals surface area contributed by atoms with E-state index in [-0.39, 0.29) is 23.5 Å². The van der Waals surface area contributed by atoms with Gasteiger partial charge in [-0.2, -0.15) is 23.7 Å². The maximum atomic E-state index is 13.3. The second-order valence-corrected chi connectivity index (χ2v) is 5.75. The predicted octanol–water partition coefficient (Wildman–Crippen LogP) is 3.31. The number of nitrogens with one attached hydrogen (secondary N) is 1. The maximum Gasteiger partial charge on any atom is 0.432 e. The number of rotatable bonds is 2. The van der Waals surface area contributed by atoms with Crippen LogP contribution in [0.4, 0.5) is 19.0 Å². The molecule has 2 aromatic rings. The van der Waals surface area contributed by atoms with Crippen LogP contribution in [0.25, 0.3) is 11.0 Å². The van der Waals surface area contributed by atoms with Crippen molar-refractivity contribution in [2.45, 2.75) is 19.5 Å². The second-order valence-electron chi connectivity index (χ2n) is 5.75. The number of halogens is 3. The number of aromatic nitrogens is 1. The first-order valence-corrected chi connectivity index (χ1v) is 7.48. The summed E-state index contributed by atoms with van der Waals surface area (Å²) in [6.45, 7) is 1.37. The first-order chi connectivity index (χ1) is 12.3. The number of anilines is 1. The van der Waals surface area contributed by atoms with Crippen LogP contribution in [0.15, 0.2) is 45.3 Å². The van der Waals surface area contributed by atoms with Crippen LogP contribution in [0.5, 0.6) is 0 Å². The zero-order chi connectivity index (χ0) is 19.1. The van der Waals surface area contributed by atoms with Gasteiger partial charge in [0.25, 0.3) is 0 Å². The van der Waals surface area contributed by atoms with E-state index in [4.69, 9.17) is 10.2 Å². The summed E-state index contributed by atoms with van der Waals surface area (Å²) in [6.07, 6.45) is -3.38. The Morgan fingerprint density at radius 1 is 1.31 bits per heavy atom. The molecular formula is C17H12F3N5O. The Morgan fingerprint density at radius 3 is 2.58 bits per heavy atom. The Bertz CT molecular complexity index is 1030. The SMILES string of the molecule is CC1=C(C#N)C(Cc2cc3c(N)nccc3o2)C(C#N)=C(C(F)(F)F)N1. The Hall–Kier alpha value is -3.46. The number of dihydropyridines is 1. The molecule has 0 spiro atoms. The number of furan rings is 1. The molecule has 0 bridgehead atoms. The van der Waals surface area contributed by atoms with Crippen LogP contribution in [0.1, 0.15) is 12.7 Å². The molecule has 0 aromatic carbocycles. The van der Waals surface area contributed by atoms with Gasteiger partial charge in [-0.05, 0) is 19.1 Å². The van der Waals surface area contributed by atoms with Crippen LogP contribution in [0.2, 0.25) is 0 Å². The minimum atomic E-state index is -4.74. The Kier molecular flexibility index (Phi) is 4.09. The highest BCUT2D eigenvalue weighted by atomic mass is 19.4. The fraction of sp³-hybridized carbons (Fsp3) is 0.235. The van der Waals surface area contributed by atoms with Gasteiger partial charge in [-0.3, -0.25) is 0 Å². The molecule has 3 heterocycles. The molecule has 1 aliphatic heterocycles. The molecule has 2 aromatic heterocycles. The molecule has 6 nitrogen and oxygen atoms in total. The first kappa shape index (κ1) is 17.4. The molecule has 0 aliphatic carbocycles. The number of nitriles is 2. The molecule has 26 heavy (non-hydrogen) atoms. The van der Waals surface area contributed by atoms with Crippen molar-refractivity contribution < 1.29 is 17.6 Å². The summed E-state index contributed by atoms with van der Waals surface area (Å²) in [5, 5.41) is 21.4. The van der Waals surface area contributed by atoms with Crippen molar-refractivity contribution in [3.05, 3.63) is 46.6 Å². The molecule has 9 heteroatoms. The summed E-state index contributed by atoms with van der Waals surface area (Å²) in [5.74, 6) is -0.541. The second kappa shape index (κ2) is 6.12. The Balaban J connectivity index is 2.10. The third kappa shape index (κ3) is 2.84. The number of nitrogens with two attached hydrogens (primary N) is 1. The topological polar surface area (TPSA) is 112 Å². The molecule has 1 atom stereocenters. The van der Waals surface area contributed by atoms with Gasteiger partial charge in [-0.15, -0.1) is 0 Å². The lowest BCUT2D eigenvalue weighted by Gasteiger charge is -2.27. The number of fused-ring (bicyclic) bond motifs is 1. The highest BCUT2D eigenvalue weighted by Crippen LogP contribution is 2.38. The summed E-state index contributed by atoms with van der Waals surface area (Å²) < 4.78 is 45.5. The van der Waals surface area contributed by atoms with Crippen LogP contribution >= 0.6 is 0 Å². The molecule has 3 N–H and O–H groups in total. The van der Waals surface area contributed by atoms with E-state index in [1.165, 1.54) is 13.1 Å². The van der Waals surface area contributed by atoms with E-state index < -0.39 is 23.4 Å². The number of nitrogens with zero attached hydrogens (tertiary/aromatic N) is 3. The summed E-state index contributed by atoms with van der Waals surface area (Å²) in [6, 6.07) is 6.62. The van der Waals surface area contributed by atoms with Gasteiger partial charge < -0.3 is 15.5 Å². The van der Waals surface area contributed by atoms with E-state index in [1.807, 2.05) is 6.07 Å². The Labute approximate surface area is 146 Å². The largest absolute Gasteiger partial charge is 0.461 e. The van der Waals surface area contributed by atoms with Crippen molar-refractivity contribution in [3.63, 3.8) is 0 Å². The van der Waals surface area contributed by atoms with Crippen LogP contribution in [0.3, 0.4) is 0 Å². The molecule has 3 rings (SSSR count). The smallest absolute Gasteiger partial charge is 0.432 e. The zero-order valence-electron chi connectivity index (χ0n) is 13.5. The molecule has 0 fully saturated rings. The minimum absolute atomic E-state index is 0.0566. The lowest BCUT2D eigenvalue weighted by molar-refractivity contribution is -0.0972. The number of hydrogen-bond donors (Lipinski definition) is 2. The molecule has 0 amide bonds. The number of pyridine rings is 1. The van der Waals surface area contributed by atoms with Gasteiger partial charge in [0.1, 0.15) is 22.9 Å². The molecule has 0 radical (unpaired) electrons. The number of allylic oxidation sites excluding steroid dienone is 4. The van der Waals surface area contributed by atoms with Crippen LogP contribution in [-0.2, 0) is 6.42 Å². The van der Waals surface area contributed by atoms with Crippen molar-refractivity contribution in [2.24, 2.45) is 5.92 Å². The van der Waals surface area contributed by atoms with Crippen molar-refractivity contribution in [1.29, 1.82) is 10.5 Å². The van der Waals surface area contributed by atoms with Crippen LogP contribution in [-0.4, -0.2) is 11.2 Å². The Morgan fingerprint density at radius 2 is 2.00 bits per heavy atom. The minimum Gasteiger partial charge on any atom is -0.461 e. The van der Waals surface area contributed by atoms with Crippen molar-refractivity contribution >= 4 is 16.8 Å². The number of nitrogen functional groups attached to an aromatic ring is 1. The van der Waals surface area contributed by atoms with Gasteiger partial charge in [-0.25, -0.2) is 4.98 Å². The highest BCUT2D eigenvalue weighted by molar-refractivity contribution is 5.87. The molecule has 132 valence electrons. The molecule has 1 aliphatic rings. The lowest BCUT2D eigenvalue weighted by Crippen LogP contribution is -2.34. The number of hydrogen-bond acceptors (Lipinski definition) is 6. The quantitative estimate of drug-likeness (QED) is 0.851. The standard InChI is InChI=1S/C17H12F3N5O/c1-8-12(6-21)10(13(7-22)15(25-8)17(18,19)20)4-9-5-11-14(26-9)2-3-24-16(11)23/h2-3,5,10,25H,4H2,1H3,(H2,23,24). The van der Waals surface area contributed by atoms with E-state index >= 15 is 0 Å². The first-order valence-electron chi connectivity index (χ1n) is 7.48. The van der Waals surface area contributed by atoms with E-state index in [9.17, 15) is 23.7 Å². The maximum absolute atomic E-state index is 13.3. The van der Waals surface area contributed by atoms with E-state index in [0.29, 0.717) is 16.7 Å². The van der Waals surface area contributed by atoms with Crippen molar-refractivity contribution in [2.75, 3.05) is 5.73 Å². The summed E-state index contributed by atoms with van der Waals surface area (Å²) >= 11 is 0. The van der Waals surface area contributed by atoms with Gasteiger partial charge in [0.15, 0.2) is 0 Å². The summed E-state index contributed by atoms with van der Waals surface area (Å²) in [5.41, 5.74) is 4.60. The molecule has 0 saturated carbocycles. The average molecular weight is 359 g/mol. The van der Waals surface area contributed by atoms with E-state index in [1.54, 1.807) is 18.2 Å². The van der Waals surface area contributed by atoms with Crippen LogP contribution < -0.4 is 11.1 Å². The van der Waals surface area contributed by atoms with E-state index in [2.05, 4.69) is 10.3 Å². The van der Waals surface area contributed by atoms with Crippen molar-refractivity contribution in [3.8, 4) is 12.1 Å². The van der Waals surface area contributed by atoms with Crippen molar-refractivity contribution in [1.82, 2.24) is 10.3 Å². The van der Waals surface area contributed by atoms with Gasteiger partial charge in [0.2, 0.25) is 0 Å². The summed E-state index contributed by atoms with van der Waals surface area (Å²) in [4.78, 5) is 3.92. The molecule has 0 saturated heterocycles. The third-order valence-electron chi connectivity index (χ3n) is 4.14. The molecule has 1 unspecified atom stereocenters. The monoisotopic (exact) mass is 359 g/mol. The van der Waals surface area contributed by atoms with Gasteiger partial charge in [0.05, 0.1) is 28.7 Å². The fourth-order valence-electron chi connectivity index (χ4n) is 2.96. The highest BCUT2D eigenvalue weighted by Gasteiger charge is 2.43. The van der Waals surface area contributed by atoms with Gasteiger partial charge >= 0.3 is 6.18 Å². The van der Waals surface area contributed by atoms with E-state index in [0.717, 1.165) is 0 Å².